The minimum absolute atomic E-state index is 0.178. The van der Waals surface area contributed by atoms with E-state index in [-0.39, 0.29) is 11.4 Å². The van der Waals surface area contributed by atoms with Gasteiger partial charge in [0.15, 0.2) is 0 Å². The van der Waals surface area contributed by atoms with Crippen molar-refractivity contribution in [2.24, 2.45) is 0 Å². The third-order valence-electron chi connectivity index (χ3n) is 4.09. The number of anilines is 1. The molecule has 6 heteroatoms. The van der Waals surface area contributed by atoms with E-state index in [9.17, 15) is 14.7 Å². The van der Waals surface area contributed by atoms with Crippen LogP contribution in [0.4, 0.5) is 10.5 Å². The van der Waals surface area contributed by atoms with Crippen LogP contribution in [0.15, 0.2) is 78.6 Å². The summed E-state index contributed by atoms with van der Waals surface area (Å²) in [5.41, 5.74) is 2.29. The lowest BCUT2D eigenvalue weighted by Gasteiger charge is -2.11. The number of carbonyl (C=O) groups is 2. The van der Waals surface area contributed by atoms with Crippen molar-refractivity contribution < 1.29 is 14.7 Å². The molecule has 3 amide bonds. The third kappa shape index (κ3) is 2.73. The van der Waals surface area contributed by atoms with Crippen LogP contribution in [0.3, 0.4) is 0 Å². The molecule has 1 aromatic heterocycles. The zero-order valence-electron chi connectivity index (χ0n) is 13.7. The predicted molar refractivity (Wildman–Crippen MR) is 97.9 cm³/mol. The molecule has 0 aliphatic carbocycles. The summed E-state index contributed by atoms with van der Waals surface area (Å²) >= 11 is 0. The predicted octanol–water partition coefficient (Wildman–Crippen LogP) is 3.28. The fourth-order valence-corrected chi connectivity index (χ4v) is 2.85. The number of nitrogens with one attached hydrogen (secondary N) is 1. The number of nitrogens with zero attached hydrogens (tertiary/aromatic N) is 2. The lowest BCUT2D eigenvalue weighted by Crippen LogP contribution is -2.30. The van der Waals surface area contributed by atoms with E-state index >= 15 is 0 Å². The summed E-state index contributed by atoms with van der Waals surface area (Å²) in [4.78, 5) is 26.0. The number of benzene rings is 2. The van der Waals surface area contributed by atoms with Crippen molar-refractivity contribution in [3.8, 4) is 11.4 Å². The van der Waals surface area contributed by atoms with Crippen LogP contribution in [0.25, 0.3) is 11.8 Å². The number of phenols is 1. The Labute approximate surface area is 149 Å². The monoisotopic (exact) mass is 345 g/mol. The highest BCUT2D eigenvalue weighted by atomic mass is 16.3. The van der Waals surface area contributed by atoms with Crippen molar-refractivity contribution in [2.45, 2.75) is 0 Å². The Kier molecular flexibility index (Phi) is 3.78. The van der Waals surface area contributed by atoms with Crippen LogP contribution in [0.1, 0.15) is 5.69 Å². The van der Waals surface area contributed by atoms with E-state index < -0.39 is 11.9 Å². The van der Waals surface area contributed by atoms with Gasteiger partial charge in [-0.05, 0) is 54.6 Å². The smallest absolute Gasteiger partial charge is 0.333 e. The zero-order valence-corrected chi connectivity index (χ0v) is 13.7. The number of imide groups is 1. The molecule has 1 saturated heterocycles. The van der Waals surface area contributed by atoms with Crippen LogP contribution < -0.4 is 10.2 Å². The average Bonchev–Trinajstić information content (AvgIpc) is 3.21. The van der Waals surface area contributed by atoms with Gasteiger partial charge in [-0.25, -0.2) is 9.69 Å². The van der Waals surface area contributed by atoms with Crippen molar-refractivity contribution in [2.75, 3.05) is 4.90 Å². The van der Waals surface area contributed by atoms with Gasteiger partial charge in [0.25, 0.3) is 5.91 Å². The van der Waals surface area contributed by atoms with E-state index in [1.807, 2.05) is 29.0 Å². The molecule has 1 aliphatic heterocycles. The Hall–Kier alpha value is -3.80. The van der Waals surface area contributed by atoms with E-state index in [0.29, 0.717) is 5.69 Å². The standard InChI is InChI=1S/C20H15N3O3/c24-17-10-8-14(9-11-17)22-12-4-7-16(22)13-18-19(25)23(20(26)21-18)15-5-2-1-3-6-15/h1-13,24H,(H,21,26). The Bertz CT molecular complexity index is 1000. The summed E-state index contributed by atoms with van der Waals surface area (Å²) in [5.74, 6) is -0.225. The second-order valence-corrected chi connectivity index (χ2v) is 5.78. The normalized spacial score (nSPS) is 15.5. The molecule has 128 valence electrons. The Morgan fingerprint density at radius 2 is 1.58 bits per heavy atom. The number of hydrogen-bond donors (Lipinski definition) is 2. The molecule has 0 unspecified atom stereocenters. The highest BCUT2D eigenvalue weighted by molar-refractivity contribution is 6.28. The van der Waals surface area contributed by atoms with Gasteiger partial charge in [-0.15, -0.1) is 0 Å². The minimum atomic E-state index is -0.477. The van der Waals surface area contributed by atoms with Gasteiger partial charge in [0, 0.05) is 17.6 Å². The van der Waals surface area contributed by atoms with Crippen LogP contribution in [0.2, 0.25) is 0 Å². The molecule has 0 radical (unpaired) electrons. The van der Waals surface area contributed by atoms with Crippen LogP contribution in [0, 0.1) is 0 Å². The van der Waals surface area contributed by atoms with Crippen LogP contribution in [-0.2, 0) is 4.79 Å². The van der Waals surface area contributed by atoms with Gasteiger partial charge in [0.05, 0.1) is 5.69 Å². The van der Waals surface area contributed by atoms with E-state index in [0.717, 1.165) is 16.3 Å². The summed E-state index contributed by atoms with van der Waals surface area (Å²) in [6.07, 6.45) is 3.48. The number of hydrogen-bond acceptors (Lipinski definition) is 3. The van der Waals surface area contributed by atoms with Gasteiger partial charge < -0.3 is 15.0 Å². The topological polar surface area (TPSA) is 74.6 Å². The zero-order chi connectivity index (χ0) is 18.1. The summed E-state index contributed by atoms with van der Waals surface area (Å²) < 4.78 is 1.86. The van der Waals surface area contributed by atoms with Crippen molar-refractivity contribution in [1.29, 1.82) is 0 Å². The van der Waals surface area contributed by atoms with E-state index in [2.05, 4.69) is 5.32 Å². The van der Waals surface area contributed by atoms with Crippen LogP contribution >= 0.6 is 0 Å². The fraction of sp³-hybridized carbons (Fsp3) is 0. The number of phenolic OH excluding ortho intramolecular Hbond substituents is 1. The molecular formula is C20H15N3O3. The van der Waals surface area contributed by atoms with Crippen LogP contribution in [-0.4, -0.2) is 21.6 Å². The van der Waals surface area contributed by atoms with Crippen molar-refractivity contribution >= 4 is 23.7 Å². The highest BCUT2D eigenvalue weighted by Gasteiger charge is 2.34. The fourth-order valence-electron chi connectivity index (χ4n) is 2.85. The molecule has 0 bridgehead atoms. The molecule has 0 atom stereocenters. The van der Waals surface area contributed by atoms with Gasteiger partial charge in [-0.1, -0.05) is 18.2 Å². The van der Waals surface area contributed by atoms with Crippen molar-refractivity contribution in [3.05, 3.63) is 84.3 Å². The molecule has 6 nitrogen and oxygen atoms in total. The first-order valence-corrected chi connectivity index (χ1v) is 8.02. The van der Waals surface area contributed by atoms with Gasteiger partial charge in [0.2, 0.25) is 0 Å². The molecule has 0 spiro atoms. The Morgan fingerprint density at radius 3 is 2.31 bits per heavy atom. The number of aromatic nitrogens is 1. The van der Waals surface area contributed by atoms with Gasteiger partial charge in [-0.2, -0.15) is 0 Å². The lowest BCUT2D eigenvalue weighted by atomic mass is 10.2. The largest absolute Gasteiger partial charge is 0.508 e. The Morgan fingerprint density at radius 1 is 0.846 bits per heavy atom. The number of amides is 3. The third-order valence-corrected chi connectivity index (χ3v) is 4.09. The molecule has 2 aromatic carbocycles. The summed E-state index contributed by atoms with van der Waals surface area (Å²) in [6.45, 7) is 0. The van der Waals surface area contributed by atoms with E-state index in [4.69, 9.17) is 0 Å². The first kappa shape index (κ1) is 15.7. The van der Waals surface area contributed by atoms with Crippen molar-refractivity contribution in [1.82, 2.24) is 9.88 Å². The molecule has 1 aliphatic rings. The molecule has 1 fully saturated rings. The Balaban J connectivity index is 1.68. The highest BCUT2D eigenvalue weighted by Crippen LogP contribution is 2.23. The molecule has 3 aromatic rings. The first-order chi connectivity index (χ1) is 12.6. The first-order valence-electron chi connectivity index (χ1n) is 8.02. The number of carbonyl (C=O) groups excluding carboxylic acids is 2. The maximum atomic E-state index is 12.7. The molecule has 0 saturated carbocycles. The van der Waals surface area contributed by atoms with Gasteiger partial charge >= 0.3 is 6.03 Å². The lowest BCUT2D eigenvalue weighted by molar-refractivity contribution is -0.113. The number of para-hydroxylation sites is 1. The van der Waals surface area contributed by atoms with Crippen LogP contribution in [0.5, 0.6) is 5.75 Å². The average molecular weight is 345 g/mol. The maximum Gasteiger partial charge on any atom is 0.333 e. The minimum Gasteiger partial charge on any atom is -0.508 e. The van der Waals surface area contributed by atoms with Gasteiger partial charge in [0.1, 0.15) is 11.4 Å². The van der Waals surface area contributed by atoms with Crippen molar-refractivity contribution in [3.63, 3.8) is 0 Å². The summed E-state index contributed by atoms with van der Waals surface area (Å²) in [5, 5.41) is 12.1. The van der Waals surface area contributed by atoms with E-state index in [1.54, 1.807) is 54.6 Å². The molecule has 2 heterocycles. The number of rotatable bonds is 3. The molecular weight excluding hydrogens is 330 g/mol. The quantitative estimate of drug-likeness (QED) is 0.565. The number of aromatic hydroxyl groups is 1. The number of urea groups is 1. The van der Waals surface area contributed by atoms with E-state index in [1.165, 1.54) is 0 Å². The second-order valence-electron chi connectivity index (χ2n) is 5.78. The SMILES string of the molecule is O=C1NC(=Cc2cccn2-c2ccc(O)cc2)C(=O)N1c1ccccc1. The summed E-state index contributed by atoms with van der Waals surface area (Å²) in [7, 11) is 0. The molecule has 26 heavy (non-hydrogen) atoms. The maximum absolute atomic E-state index is 12.7. The van der Waals surface area contributed by atoms with Gasteiger partial charge in [-0.3, -0.25) is 4.79 Å². The molecule has 2 N–H and O–H groups in total. The summed E-state index contributed by atoms with van der Waals surface area (Å²) in [6, 6.07) is 18.7. The molecule has 4 rings (SSSR count). The second kappa shape index (κ2) is 6.25.